The summed E-state index contributed by atoms with van der Waals surface area (Å²) in [6, 6.07) is 12.8. The molecule has 0 radical (unpaired) electrons. The van der Waals surface area contributed by atoms with Crippen molar-refractivity contribution in [3.63, 3.8) is 0 Å². The van der Waals surface area contributed by atoms with Gasteiger partial charge in [-0.3, -0.25) is 4.79 Å². The number of carbonyl (C=O) groups is 1. The smallest absolute Gasteiger partial charge is 0.223 e. The van der Waals surface area contributed by atoms with Gasteiger partial charge >= 0.3 is 0 Å². The van der Waals surface area contributed by atoms with Crippen LogP contribution in [0.4, 0.5) is 0 Å². The molecule has 7 heteroatoms. The van der Waals surface area contributed by atoms with Crippen molar-refractivity contribution in [3.05, 3.63) is 59.8 Å². The van der Waals surface area contributed by atoms with E-state index in [0.29, 0.717) is 18.7 Å². The SMILES string of the molecule is Cc1ccc2[nH]cc(CCNC(=O)CC3CS(=O)(=O)c4ccccc4O3)c2c1. The maximum Gasteiger partial charge on any atom is 0.223 e. The molecule has 146 valence electrons. The Hall–Kier alpha value is -2.80. The van der Waals surface area contributed by atoms with Crippen LogP contribution in [0.2, 0.25) is 0 Å². The number of aryl methyl sites for hydroxylation is 1. The Balaban J connectivity index is 1.34. The highest BCUT2D eigenvalue weighted by molar-refractivity contribution is 7.91. The van der Waals surface area contributed by atoms with Crippen LogP contribution in [0.5, 0.6) is 5.75 Å². The lowest BCUT2D eigenvalue weighted by Crippen LogP contribution is -2.37. The number of hydrogen-bond acceptors (Lipinski definition) is 4. The molecule has 1 aliphatic heterocycles. The van der Waals surface area contributed by atoms with Crippen LogP contribution in [0.1, 0.15) is 17.5 Å². The second-order valence-electron chi connectivity index (χ2n) is 7.14. The number of H-pyrrole nitrogens is 1. The van der Waals surface area contributed by atoms with E-state index in [1.807, 2.05) is 19.2 Å². The molecule has 1 aliphatic rings. The quantitative estimate of drug-likeness (QED) is 0.692. The van der Waals surface area contributed by atoms with Gasteiger partial charge in [-0.25, -0.2) is 8.42 Å². The number of ether oxygens (including phenoxy) is 1. The molecule has 0 aliphatic carbocycles. The van der Waals surface area contributed by atoms with E-state index in [0.717, 1.165) is 16.5 Å². The Kier molecular flexibility index (Phi) is 4.85. The van der Waals surface area contributed by atoms with Gasteiger partial charge in [-0.1, -0.05) is 23.8 Å². The highest BCUT2D eigenvalue weighted by Gasteiger charge is 2.32. The van der Waals surface area contributed by atoms with E-state index < -0.39 is 15.9 Å². The number of para-hydroxylation sites is 1. The number of amides is 1. The molecule has 2 N–H and O–H groups in total. The molecule has 0 saturated heterocycles. The van der Waals surface area contributed by atoms with Crippen molar-refractivity contribution in [2.75, 3.05) is 12.3 Å². The van der Waals surface area contributed by atoms with E-state index in [9.17, 15) is 13.2 Å². The normalized spacial score (nSPS) is 17.7. The number of rotatable bonds is 5. The van der Waals surface area contributed by atoms with Crippen LogP contribution in [-0.2, 0) is 21.1 Å². The minimum absolute atomic E-state index is 0.0144. The molecule has 1 unspecified atom stereocenters. The summed E-state index contributed by atoms with van der Waals surface area (Å²) in [5.41, 5.74) is 3.41. The second kappa shape index (κ2) is 7.31. The van der Waals surface area contributed by atoms with Gasteiger partial charge in [-0.15, -0.1) is 0 Å². The largest absolute Gasteiger partial charge is 0.487 e. The van der Waals surface area contributed by atoms with Gasteiger partial charge in [-0.05, 0) is 43.2 Å². The van der Waals surface area contributed by atoms with Crippen LogP contribution < -0.4 is 10.1 Å². The number of fused-ring (bicyclic) bond motifs is 2. The van der Waals surface area contributed by atoms with Gasteiger partial charge in [0.2, 0.25) is 5.91 Å². The average Bonchev–Trinajstić information content (AvgIpc) is 3.03. The van der Waals surface area contributed by atoms with Gasteiger partial charge in [-0.2, -0.15) is 0 Å². The standard InChI is InChI=1S/C21H22N2O4S/c1-14-6-7-18-17(10-14)15(12-23-18)8-9-22-21(24)11-16-13-28(25,26)20-5-3-2-4-19(20)27-16/h2-7,10,12,16,23H,8-9,11,13H2,1H3,(H,22,24). The third-order valence-corrected chi connectivity index (χ3v) is 6.75. The van der Waals surface area contributed by atoms with Gasteiger partial charge in [0.1, 0.15) is 16.7 Å². The summed E-state index contributed by atoms with van der Waals surface area (Å²) < 4.78 is 30.5. The number of carbonyl (C=O) groups excluding carboxylic acids is 1. The minimum atomic E-state index is -3.43. The minimum Gasteiger partial charge on any atom is -0.487 e. The van der Waals surface area contributed by atoms with E-state index in [2.05, 4.69) is 22.4 Å². The lowest BCUT2D eigenvalue weighted by Gasteiger charge is -2.25. The molecule has 0 spiro atoms. The van der Waals surface area contributed by atoms with Gasteiger partial charge in [0.25, 0.3) is 0 Å². The van der Waals surface area contributed by atoms with Crippen LogP contribution in [0.3, 0.4) is 0 Å². The highest BCUT2D eigenvalue weighted by Crippen LogP contribution is 2.31. The van der Waals surface area contributed by atoms with Crippen LogP contribution in [0.25, 0.3) is 10.9 Å². The van der Waals surface area contributed by atoms with Crippen molar-refractivity contribution in [1.29, 1.82) is 0 Å². The monoisotopic (exact) mass is 398 g/mol. The van der Waals surface area contributed by atoms with Crippen LogP contribution >= 0.6 is 0 Å². The molecule has 2 aromatic carbocycles. The van der Waals surface area contributed by atoms with Gasteiger partial charge < -0.3 is 15.0 Å². The third-order valence-electron chi connectivity index (χ3n) is 4.94. The van der Waals surface area contributed by atoms with Crippen molar-refractivity contribution < 1.29 is 17.9 Å². The van der Waals surface area contributed by atoms with Crippen molar-refractivity contribution in [2.45, 2.75) is 30.8 Å². The van der Waals surface area contributed by atoms with Crippen molar-refractivity contribution >= 4 is 26.6 Å². The third kappa shape index (κ3) is 3.75. The van der Waals surface area contributed by atoms with Crippen LogP contribution in [0.15, 0.2) is 53.6 Å². The molecule has 0 saturated carbocycles. The Morgan fingerprint density at radius 1 is 1.25 bits per heavy atom. The maximum atomic E-state index is 12.4. The summed E-state index contributed by atoms with van der Waals surface area (Å²) in [4.78, 5) is 15.7. The summed E-state index contributed by atoms with van der Waals surface area (Å²) in [5.74, 6) is -0.0737. The molecule has 1 aromatic heterocycles. The van der Waals surface area contributed by atoms with Crippen molar-refractivity contribution in [2.24, 2.45) is 0 Å². The number of aromatic nitrogens is 1. The Bertz CT molecular complexity index is 1130. The molecule has 4 rings (SSSR count). The first kappa shape index (κ1) is 18.6. The number of sulfone groups is 1. The summed E-state index contributed by atoms with van der Waals surface area (Å²) in [6.07, 6.45) is 2.00. The topological polar surface area (TPSA) is 88.3 Å². The second-order valence-corrected chi connectivity index (χ2v) is 9.14. The molecule has 0 fully saturated rings. The van der Waals surface area contributed by atoms with Crippen LogP contribution in [-0.4, -0.2) is 37.7 Å². The first-order valence-corrected chi connectivity index (χ1v) is 10.9. The van der Waals surface area contributed by atoms with E-state index >= 15 is 0 Å². The molecule has 6 nitrogen and oxygen atoms in total. The molecular formula is C21H22N2O4S. The first-order valence-electron chi connectivity index (χ1n) is 9.24. The summed E-state index contributed by atoms with van der Waals surface area (Å²) in [5, 5.41) is 4.03. The zero-order valence-electron chi connectivity index (χ0n) is 15.6. The van der Waals surface area contributed by atoms with E-state index in [1.165, 1.54) is 11.6 Å². The maximum absolute atomic E-state index is 12.4. The number of benzene rings is 2. The summed E-state index contributed by atoms with van der Waals surface area (Å²) in [7, 11) is -3.43. The predicted molar refractivity (Wildman–Crippen MR) is 107 cm³/mol. The lowest BCUT2D eigenvalue weighted by atomic mass is 10.1. The zero-order valence-corrected chi connectivity index (χ0v) is 16.4. The molecule has 2 heterocycles. The average molecular weight is 398 g/mol. The van der Waals surface area contributed by atoms with Gasteiger partial charge in [0, 0.05) is 23.6 Å². The fourth-order valence-electron chi connectivity index (χ4n) is 3.57. The number of aromatic amines is 1. The molecule has 28 heavy (non-hydrogen) atoms. The Morgan fingerprint density at radius 3 is 2.93 bits per heavy atom. The van der Waals surface area contributed by atoms with E-state index in [-0.39, 0.29) is 23.0 Å². The summed E-state index contributed by atoms with van der Waals surface area (Å²) >= 11 is 0. The van der Waals surface area contributed by atoms with Crippen LogP contribution in [0, 0.1) is 6.92 Å². The fourth-order valence-corrected chi connectivity index (χ4v) is 5.13. The van der Waals surface area contributed by atoms with Crippen molar-refractivity contribution in [3.8, 4) is 5.75 Å². The number of hydrogen-bond donors (Lipinski definition) is 2. The fraction of sp³-hybridized carbons (Fsp3) is 0.286. The molecular weight excluding hydrogens is 376 g/mol. The molecule has 3 aromatic rings. The van der Waals surface area contributed by atoms with E-state index in [1.54, 1.807) is 18.2 Å². The zero-order chi connectivity index (χ0) is 19.7. The Morgan fingerprint density at radius 2 is 2.07 bits per heavy atom. The lowest BCUT2D eigenvalue weighted by molar-refractivity contribution is -0.122. The number of nitrogens with one attached hydrogen (secondary N) is 2. The van der Waals surface area contributed by atoms with Gasteiger partial charge in [0.15, 0.2) is 9.84 Å². The Labute approximate surface area is 163 Å². The molecule has 1 amide bonds. The molecule has 1 atom stereocenters. The summed E-state index contributed by atoms with van der Waals surface area (Å²) in [6.45, 7) is 2.53. The van der Waals surface area contributed by atoms with Gasteiger partial charge in [0.05, 0.1) is 12.2 Å². The molecule has 0 bridgehead atoms. The first-order chi connectivity index (χ1) is 13.4. The highest BCUT2D eigenvalue weighted by atomic mass is 32.2. The predicted octanol–water partition coefficient (Wildman–Crippen LogP) is 2.76. The van der Waals surface area contributed by atoms with E-state index in [4.69, 9.17) is 4.74 Å². The van der Waals surface area contributed by atoms with Crippen molar-refractivity contribution in [1.82, 2.24) is 10.3 Å².